The van der Waals surface area contributed by atoms with Gasteiger partial charge in [-0.15, -0.1) is 12.4 Å². The molecule has 0 unspecified atom stereocenters. The average Bonchev–Trinajstić information content (AvgIpc) is 2.83. The lowest BCUT2D eigenvalue weighted by Crippen LogP contribution is -2.38. The van der Waals surface area contributed by atoms with Crippen LogP contribution in [-0.4, -0.2) is 66.7 Å². The quantitative estimate of drug-likeness (QED) is 0.546. The number of fused-ring (bicyclic) bond motifs is 1. The Hall–Kier alpha value is -2.91. The Morgan fingerprint density at radius 2 is 1.73 bits per heavy atom. The summed E-state index contributed by atoms with van der Waals surface area (Å²) in [6.45, 7) is 3.35. The van der Waals surface area contributed by atoms with Gasteiger partial charge in [-0.05, 0) is 19.1 Å². The molecule has 8 nitrogen and oxygen atoms in total. The fraction of sp³-hybridized carbons (Fsp3) is 0.348. The van der Waals surface area contributed by atoms with Gasteiger partial charge >= 0.3 is 0 Å². The Morgan fingerprint density at radius 1 is 1.06 bits per heavy atom. The van der Waals surface area contributed by atoms with Gasteiger partial charge < -0.3 is 24.4 Å². The molecule has 1 aromatic carbocycles. The monoisotopic (exact) mass is 490 g/mol. The SMILES string of the molecule is COc1cc(Nc2c(C(=O)N3CCSCC3)cnc3nc(C)ccc23)cc(OC)c1OC.Cl. The van der Waals surface area contributed by atoms with E-state index in [9.17, 15) is 4.79 Å². The zero-order chi connectivity index (χ0) is 22.7. The Bertz CT molecular complexity index is 1130. The van der Waals surface area contributed by atoms with Crippen molar-refractivity contribution >= 4 is 52.5 Å². The number of halogens is 1. The third-order valence-electron chi connectivity index (χ3n) is 5.33. The van der Waals surface area contributed by atoms with Gasteiger partial charge in [0.1, 0.15) is 0 Å². The van der Waals surface area contributed by atoms with E-state index in [1.807, 2.05) is 35.7 Å². The summed E-state index contributed by atoms with van der Waals surface area (Å²) >= 11 is 1.86. The second-order valence-electron chi connectivity index (χ2n) is 7.31. The van der Waals surface area contributed by atoms with Crippen LogP contribution in [0.2, 0.25) is 0 Å². The van der Waals surface area contributed by atoms with Crippen molar-refractivity contribution in [3.05, 3.63) is 41.7 Å². The smallest absolute Gasteiger partial charge is 0.257 e. The van der Waals surface area contributed by atoms with Crippen molar-refractivity contribution in [2.75, 3.05) is 51.2 Å². The van der Waals surface area contributed by atoms with Crippen LogP contribution >= 0.6 is 24.2 Å². The zero-order valence-corrected chi connectivity index (χ0v) is 20.6. The molecule has 1 amide bonds. The minimum atomic E-state index is -0.0461. The lowest BCUT2D eigenvalue weighted by Gasteiger charge is -2.27. The molecule has 3 heterocycles. The summed E-state index contributed by atoms with van der Waals surface area (Å²) < 4.78 is 16.4. The molecule has 0 aliphatic carbocycles. The van der Waals surface area contributed by atoms with Gasteiger partial charge in [-0.1, -0.05) is 0 Å². The first kappa shape index (κ1) is 24.7. The number of hydrogen-bond donors (Lipinski definition) is 1. The van der Waals surface area contributed by atoms with Crippen LogP contribution in [0.15, 0.2) is 30.5 Å². The minimum absolute atomic E-state index is 0. The van der Waals surface area contributed by atoms with Gasteiger partial charge in [0.15, 0.2) is 17.1 Å². The number of aromatic nitrogens is 2. The molecule has 1 N–H and O–H groups in total. The number of amides is 1. The molecule has 3 aromatic rings. The second-order valence-corrected chi connectivity index (χ2v) is 8.54. The summed E-state index contributed by atoms with van der Waals surface area (Å²) in [5, 5.41) is 4.17. The van der Waals surface area contributed by atoms with Gasteiger partial charge in [-0.25, -0.2) is 9.97 Å². The number of carbonyl (C=O) groups is 1. The third-order valence-corrected chi connectivity index (χ3v) is 6.27. The highest BCUT2D eigenvalue weighted by molar-refractivity contribution is 7.99. The summed E-state index contributed by atoms with van der Waals surface area (Å²) in [7, 11) is 4.70. The molecule has 0 radical (unpaired) electrons. The van der Waals surface area contributed by atoms with Crippen molar-refractivity contribution in [2.45, 2.75) is 6.92 Å². The number of nitrogens with one attached hydrogen (secondary N) is 1. The molecule has 33 heavy (non-hydrogen) atoms. The number of rotatable bonds is 6. The Morgan fingerprint density at radius 3 is 2.33 bits per heavy atom. The Balaban J connectivity index is 0.00000306. The standard InChI is InChI=1S/C23H26N4O4S.ClH/c1-14-5-6-16-20(26-15-11-18(29-2)21(31-4)19(12-15)30-3)17(13-24-22(16)25-14)23(28)27-7-9-32-10-8-27;/h5-6,11-13H,7-10H2,1-4H3,(H,24,25,26);1H. The minimum Gasteiger partial charge on any atom is -0.493 e. The molecule has 1 aliphatic rings. The Labute approximate surface area is 203 Å². The molecular weight excluding hydrogens is 464 g/mol. The normalized spacial score (nSPS) is 13.3. The summed E-state index contributed by atoms with van der Waals surface area (Å²) in [6, 6.07) is 7.46. The topological polar surface area (TPSA) is 85.8 Å². The van der Waals surface area contributed by atoms with Crippen LogP contribution in [0.4, 0.5) is 11.4 Å². The van der Waals surface area contributed by atoms with Gasteiger partial charge in [-0.3, -0.25) is 4.79 Å². The maximum Gasteiger partial charge on any atom is 0.257 e. The number of benzene rings is 1. The number of methoxy groups -OCH3 is 3. The second kappa shape index (κ2) is 10.8. The highest BCUT2D eigenvalue weighted by Crippen LogP contribution is 2.41. The van der Waals surface area contributed by atoms with Crippen molar-refractivity contribution in [1.82, 2.24) is 14.9 Å². The lowest BCUT2D eigenvalue weighted by molar-refractivity contribution is 0.0773. The van der Waals surface area contributed by atoms with E-state index in [1.165, 1.54) is 0 Å². The molecule has 10 heteroatoms. The van der Waals surface area contributed by atoms with Crippen molar-refractivity contribution in [1.29, 1.82) is 0 Å². The number of nitrogens with zero attached hydrogens (tertiary/aromatic N) is 3. The number of thioether (sulfide) groups is 1. The molecule has 4 rings (SSSR count). The predicted octanol–water partition coefficient (Wildman–Crippen LogP) is 4.32. The van der Waals surface area contributed by atoms with Crippen molar-refractivity contribution in [3.8, 4) is 17.2 Å². The first-order valence-electron chi connectivity index (χ1n) is 10.3. The van der Waals surface area contributed by atoms with Crippen LogP contribution < -0.4 is 19.5 Å². The van der Waals surface area contributed by atoms with E-state index in [-0.39, 0.29) is 18.3 Å². The molecule has 1 aliphatic heterocycles. The largest absolute Gasteiger partial charge is 0.493 e. The average molecular weight is 491 g/mol. The molecule has 0 atom stereocenters. The summed E-state index contributed by atoms with van der Waals surface area (Å²) in [5.41, 5.74) is 3.28. The number of carbonyl (C=O) groups excluding carboxylic acids is 1. The van der Waals surface area contributed by atoms with Crippen LogP contribution in [0, 0.1) is 6.92 Å². The molecule has 176 valence electrons. The zero-order valence-electron chi connectivity index (χ0n) is 19.0. The van der Waals surface area contributed by atoms with E-state index >= 15 is 0 Å². The first-order valence-corrected chi connectivity index (χ1v) is 11.4. The van der Waals surface area contributed by atoms with Crippen LogP contribution in [0.1, 0.15) is 16.1 Å². The van der Waals surface area contributed by atoms with Crippen LogP contribution in [0.25, 0.3) is 11.0 Å². The predicted molar refractivity (Wildman–Crippen MR) is 134 cm³/mol. The van der Waals surface area contributed by atoms with E-state index in [0.29, 0.717) is 39.8 Å². The van der Waals surface area contributed by atoms with Gasteiger partial charge in [0.25, 0.3) is 5.91 Å². The number of hydrogen-bond acceptors (Lipinski definition) is 8. The molecule has 1 fully saturated rings. The van der Waals surface area contributed by atoms with E-state index in [1.54, 1.807) is 39.7 Å². The van der Waals surface area contributed by atoms with Crippen molar-refractivity contribution < 1.29 is 19.0 Å². The maximum atomic E-state index is 13.4. The first-order chi connectivity index (χ1) is 15.5. The van der Waals surface area contributed by atoms with Crippen molar-refractivity contribution in [3.63, 3.8) is 0 Å². The number of pyridine rings is 2. The summed E-state index contributed by atoms with van der Waals surface area (Å²) in [4.78, 5) is 24.3. The van der Waals surface area contributed by atoms with E-state index in [0.717, 1.165) is 35.7 Å². The fourth-order valence-electron chi connectivity index (χ4n) is 3.70. The summed E-state index contributed by atoms with van der Waals surface area (Å²) in [6.07, 6.45) is 1.61. The number of ether oxygens (including phenoxy) is 3. The highest BCUT2D eigenvalue weighted by atomic mass is 35.5. The molecule has 0 spiro atoms. The van der Waals surface area contributed by atoms with E-state index in [4.69, 9.17) is 14.2 Å². The van der Waals surface area contributed by atoms with Gasteiger partial charge in [0.05, 0.1) is 32.6 Å². The summed E-state index contributed by atoms with van der Waals surface area (Å²) in [5.74, 6) is 3.35. The molecule has 0 saturated carbocycles. The fourth-order valence-corrected chi connectivity index (χ4v) is 4.61. The van der Waals surface area contributed by atoms with Crippen molar-refractivity contribution in [2.24, 2.45) is 0 Å². The number of anilines is 2. The van der Waals surface area contributed by atoms with E-state index in [2.05, 4.69) is 15.3 Å². The van der Waals surface area contributed by atoms with Crippen LogP contribution in [-0.2, 0) is 0 Å². The van der Waals surface area contributed by atoms with E-state index < -0.39 is 0 Å². The van der Waals surface area contributed by atoms with Crippen LogP contribution in [0.5, 0.6) is 17.2 Å². The van der Waals surface area contributed by atoms with Gasteiger partial charge in [0, 0.05) is 59.7 Å². The molecule has 0 bridgehead atoms. The van der Waals surface area contributed by atoms with Gasteiger partial charge in [0.2, 0.25) is 5.75 Å². The van der Waals surface area contributed by atoms with Gasteiger partial charge in [-0.2, -0.15) is 11.8 Å². The van der Waals surface area contributed by atoms with Crippen LogP contribution in [0.3, 0.4) is 0 Å². The lowest BCUT2D eigenvalue weighted by atomic mass is 10.1. The molecule has 1 saturated heterocycles. The molecule has 2 aromatic heterocycles. The third kappa shape index (κ3) is 5.04. The maximum absolute atomic E-state index is 13.4. The number of aryl methyl sites for hydroxylation is 1. The molecular formula is C23H27ClN4O4S. The highest BCUT2D eigenvalue weighted by Gasteiger charge is 2.24. The Kier molecular flexibility index (Phi) is 8.10.